The standard InChI is InChI=1S/C13H17ClN2O2S/c1-7-6-19-12(14)10(7)15-13(18)16-5-4-8-2-3-9(17)11(8)16/h6,8-9,11,17H,2-5H2,1H3,(H,15,18)/t8-,9+,11+/m0/s1. The Hall–Kier alpha value is -0.780. The number of halogens is 1. The van der Waals surface area contributed by atoms with Crippen molar-refractivity contribution in [1.82, 2.24) is 4.90 Å². The summed E-state index contributed by atoms with van der Waals surface area (Å²) in [7, 11) is 0. The molecule has 2 fully saturated rings. The van der Waals surface area contributed by atoms with Crippen LogP contribution in [-0.2, 0) is 0 Å². The van der Waals surface area contributed by atoms with Crippen molar-refractivity contribution < 1.29 is 9.90 Å². The smallest absolute Gasteiger partial charge is 0.322 e. The molecule has 0 bridgehead atoms. The summed E-state index contributed by atoms with van der Waals surface area (Å²) in [5.74, 6) is 0.458. The third kappa shape index (κ3) is 2.24. The van der Waals surface area contributed by atoms with Crippen LogP contribution in [0.2, 0.25) is 4.34 Å². The summed E-state index contributed by atoms with van der Waals surface area (Å²) in [6.45, 7) is 2.65. The molecular weight excluding hydrogens is 284 g/mol. The van der Waals surface area contributed by atoms with Crippen molar-refractivity contribution in [2.75, 3.05) is 11.9 Å². The summed E-state index contributed by atoms with van der Waals surface area (Å²) in [6.07, 6.45) is 2.44. The van der Waals surface area contributed by atoms with E-state index in [0.717, 1.165) is 31.4 Å². The SMILES string of the molecule is Cc1csc(Cl)c1NC(=O)N1CC[C@@H]2CC[C@@H](O)[C@@H]21. The molecule has 1 aromatic heterocycles. The van der Waals surface area contributed by atoms with Crippen molar-refractivity contribution in [3.8, 4) is 0 Å². The highest BCUT2D eigenvalue weighted by atomic mass is 35.5. The van der Waals surface area contributed by atoms with E-state index in [-0.39, 0.29) is 18.2 Å². The second-order valence-corrected chi connectivity index (χ2v) is 6.86. The Morgan fingerprint density at radius 3 is 3.00 bits per heavy atom. The fraction of sp³-hybridized carbons (Fsp3) is 0.615. The van der Waals surface area contributed by atoms with Crippen LogP contribution in [0.25, 0.3) is 0 Å². The van der Waals surface area contributed by atoms with Crippen molar-refractivity contribution in [2.24, 2.45) is 5.92 Å². The molecule has 2 aliphatic rings. The van der Waals surface area contributed by atoms with Gasteiger partial charge >= 0.3 is 6.03 Å². The number of fused-ring (bicyclic) bond motifs is 1. The molecule has 104 valence electrons. The van der Waals surface area contributed by atoms with E-state index in [0.29, 0.717) is 15.9 Å². The molecule has 2 N–H and O–H groups in total. The van der Waals surface area contributed by atoms with E-state index in [4.69, 9.17) is 11.6 Å². The number of nitrogens with one attached hydrogen (secondary N) is 1. The molecule has 1 aliphatic carbocycles. The molecule has 2 amide bonds. The lowest BCUT2D eigenvalue weighted by molar-refractivity contribution is 0.101. The predicted molar refractivity (Wildman–Crippen MR) is 76.9 cm³/mol. The summed E-state index contributed by atoms with van der Waals surface area (Å²) < 4.78 is 0.605. The van der Waals surface area contributed by atoms with E-state index in [1.165, 1.54) is 11.3 Å². The van der Waals surface area contributed by atoms with Crippen molar-refractivity contribution in [2.45, 2.75) is 38.3 Å². The number of nitrogens with zero attached hydrogens (tertiary/aromatic N) is 1. The summed E-state index contributed by atoms with van der Waals surface area (Å²) in [6, 6.07) is -0.158. The molecule has 6 heteroatoms. The lowest BCUT2D eigenvalue weighted by atomic mass is 10.0. The monoisotopic (exact) mass is 300 g/mol. The zero-order valence-electron chi connectivity index (χ0n) is 10.7. The Labute approximate surface area is 121 Å². The van der Waals surface area contributed by atoms with E-state index in [9.17, 15) is 9.90 Å². The molecule has 1 saturated heterocycles. The Bertz CT molecular complexity index is 485. The third-order valence-corrected chi connectivity index (χ3v) is 5.57. The van der Waals surface area contributed by atoms with Crippen LogP contribution in [-0.4, -0.2) is 34.7 Å². The Balaban J connectivity index is 1.74. The molecule has 0 aromatic carbocycles. The van der Waals surface area contributed by atoms with Gasteiger partial charge in [0.25, 0.3) is 0 Å². The van der Waals surface area contributed by atoms with Crippen LogP contribution >= 0.6 is 22.9 Å². The maximum atomic E-state index is 12.4. The molecule has 3 atom stereocenters. The molecule has 0 spiro atoms. The lowest BCUT2D eigenvalue weighted by Crippen LogP contribution is -2.44. The number of rotatable bonds is 1. The highest BCUT2D eigenvalue weighted by Gasteiger charge is 2.45. The molecule has 19 heavy (non-hydrogen) atoms. The van der Waals surface area contributed by atoms with Gasteiger partial charge in [0, 0.05) is 6.54 Å². The number of anilines is 1. The van der Waals surface area contributed by atoms with Gasteiger partial charge in [0.2, 0.25) is 0 Å². The highest BCUT2D eigenvalue weighted by Crippen LogP contribution is 2.39. The average Bonchev–Trinajstić information content (AvgIpc) is 3.03. The lowest BCUT2D eigenvalue weighted by Gasteiger charge is -2.27. The second-order valence-electron chi connectivity index (χ2n) is 5.38. The van der Waals surface area contributed by atoms with E-state index >= 15 is 0 Å². The second kappa shape index (κ2) is 4.96. The van der Waals surface area contributed by atoms with Crippen molar-refractivity contribution in [3.05, 3.63) is 15.3 Å². The van der Waals surface area contributed by atoms with Crippen LogP contribution in [0, 0.1) is 12.8 Å². The van der Waals surface area contributed by atoms with Gasteiger partial charge in [0.1, 0.15) is 4.34 Å². The largest absolute Gasteiger partial charge is 0.391 e. The van der Waals surface area contributed by atoms with Crippen LogP contribution in [0.4, 0.5) is 10.5 Å². The first-order chi connectivity index (χ1) is 9.08. The van der Waals surface area contributed by atoms with Crippen LogP contribution in [0.5, 0.6) is 0 Å². The number of aliphatic hydroxyl groups is 1. The van der Waals surface area contributed by atoms with E-state index in [1.54, 1.807) is 4.90 Å². The van der Waals surface area contributed by atoms with E-state index in [1.807, 2.05) is 12.3 Å². The number of hydrogen-bond acceptors (Lipinski definition) is 3. The predicted octanol–water partition coefficient (Wildman–Crippen LogP) is 3.09. The molecule has 2 heterocycles. The molecule has 3 rings (SSSR count). The Kier molecular flexibility index (Phi) is 3.45. The number of amides is 2. The normalized spacial score (nSPS) is 29.6. The maximum Gasteiger partial charge on any atom is 0.322 e. The molecule has 1 saturated carbocycles. The number of aliphatic hydroxyl groups excluding tert-OH is 1. The summed E-state index contributed by atoms with van der Waals surface area (Å²) in [5.41, 5.74) is 1.68. The Morgan fingerprint density at radius 2 is 2.32 bits per heavy atom. The fourth-order valence-corrected chi connectivity index (χ4v) is 4.31. The topological polar surface area (TPSA) is 52.6 Å². The minimum absolute atomic E-state index is 0.0160. The van der Waals surface area contributed by atoms with Gasteiger partial charge in [-0.2, -0.15) is 0 Å². The highest BCUT2D eigenvalue weighted by molar-refractivity contribution is 7.15. The minimum Gasteiger partial charge on any atom is -0.391 e. The van der Waals surface area contributed by atoms with Crippen LogP contribution in [0.1, 0.15) is 24.8 Å². The summed E-state index contributed by atoms with van der Waals surface area (Å²) >= 11 is 7.49. The first-order valence-electron chi connectivity index (χ1n) is 6.57. The molecule has 0 unspecified atom stereocenters. The number of urea groups is 1. The van der Waals surface area contributed by atoms with Gasteiger partial charge in [0.15, 0.2) is 0 Å². The summed E-state index contributed by atoms with van der Waals surface area (Å²) in [5, 5.41) is 14.8. The van der Waals surface area contributed by atoms with Gasteiger partial charge in [-0.25, -0.2) is 4.79 Å². The fourth-order valence-electron chi connectivity index (χ4n) is 3.25. The molecule has 1 aromatic rings. The van der Waals surface area contributed by atoms with Crippen molar-refractivity contribution in [3.63, 3.8) is 0 Å². The van der Waals surface area contributed by atoms with Gasteiger partial charge < -0.3 is 15.3 Å². The number of likely N-dealkylation sites (tertiary alicyclic amines) is 1. The molecule has 4 nitrogen and oxygen atoms in total. The Morgan fingerprint density at radius 1 is 1.53 bits per heavy atom. The number of hydrogen-bond donors (Lipinski definition) is 2. The third-order valence-electron chi connectivity index (χ3n) is 4.23. The van der Waals surface area contributed by atoms with Crippen LogP contribution < -0.4 is 5.32 Å². The number of carbonyl (C=O) groups excluding carboxylic acids is 1. The number of aryl methyl sites for hydroxylation is 1. The molecular formula is C13H17ClN2O2S. The quantitative estimate of drug-likeness (QED) is 0.837. The van der Waals surface area contributed by atoms with Gasteiger partial charge in [-0.3, -0.25) is 0 Å². The molecule has 0 radical (unpaired) electrons. The van der Waals surface area contributed by atoms with Crippen molar-refractivity contribution in [1.29, 1.82) is 0 Å². The van der Waals surface area contributed by atoms with Crippen molar-refractivity contribution >= 4 is 34.7 Å². The van der Waals surface area contributed by atoms with Gasteiger partial charge in [-0.15, -0.1) is 11.3 Å². The maximum absolute atomic E-state index is 12.4. The van der Waals surface area contributed by atoms with Gasteiger partial charge in [0.05, 0.1) is 17.8 Å². The zero-order valence-corrected chi connectivity index (χ0v) is 12.3. The van der Waals surface area contributed by atoms with E-state index < -0.39 is 0 Å². The zero-order chi connectivity index (χ0) is 13.6. The van der Waals surface area contributed by atoms with Gasteiger partial charge in [-0.05, 0) is 43.0 Å². The van der Waals surface area contributed by atoms with Gasteiger partial charge in [-0.1, -0.05) is 11.6 Å². The molecule has 1 aliphatic heterocycles. The summed E-state index contributed by atoms with van der Waals surface area (Å²) in [4.78, 5) is 14.1. The minimum atomic E-state index is -0.378. The number of carbonyl (C=O) groups is 1. The van der Waals surface area contributed by atoms with Crippen LogP contribution in [0.3, 0.4) is 0 Å². The van der Waals surface area contributed by atoms with E-state index in [2.05, 4.69) is 5.32 Å². The number of thiophene rings is 1. The first kappa shape index (κ1) is 13.2. The average molecular weight is 301 g/mol. The first-order valence-corrected chi connectivity index (χ1v) is 7.83. The van der Waals surface area contributed by atoms with Crippen LogP contribution in [0.15, 0.2) is 5.38 Å².